The summed E-state index contributed by atoms with van der Waals surface area (Å²) in [6.07, 6.45) is 0.429. The molecule has 5 nitrogen and oxygen atoms in total. The zero-order valence-corrected chi connectivity index (χ0v) is 7.14. The average Bonchev–Trinajstić information content (AvgIpc) is 2.55. The monoisotopic (exact) mass is 185 g/mol. The van der Waals surface area contributed by atoms with Crippen molar-refractivity contribution in [2.45, 2.75) is 19.1 Å². The van der Waals surface area contributed by atoms with E-state index in [1.54, 1.807) is 6.07 Å². The highest BCUT2D eigenvalue weighted by molar-refractivity contribution is 5.78. The van der Waals surface area contributed by atoms with Gasteiger partial charge >= 0.3 is 5.97 Å². The molecule has 0 bridgehead atoms. The standard InChI is InChI=1S/C8H11NO4/c1-5(10)7(9)8(11)13-6-3-2-4-12-6/h2-5,7,10H,9H2,1H3/t5-,7+/m1/s1. The Kier molecular flexibility index (Phi) is 3.05. The molecule has 0 saturated heterocycles. The minimum absolute atomic E-state index is 0.0705. The van der Waals surface area contributed by atoms with Crippen molar-refractivity contribution in [3.63, 3.8) is 0 Å². The van der Waals surface area contributed by atoms with Crippen LogP contribution in [0.4, 0.5) is 0 Å². The smallest absolute Gasteiger partial charge is 0.333 e. The second-order valence-corrected chi connectivity index (χ2v) is 2.62. The second-order valence-electron chi connectivity index (χ2n) is 2.62. The van der Waals surface area contributed by atoms with E-state index in [0.717, 1.165) is 0 Å². The van der Waals surface area contributed by atoms with Crippen molar-refractivity contribution in [3.8, 4) is 5.95 Å². The summed E-state index contributed by atoms with van der Waals surface area (Å²) in [6.45, 7) is 1.41. The number of aliphatic hydroxyl groups excluding tert-OH is 1. The van der Waals surface area contributed by atoms with Crippen molar-refractivity contribution in [3.05, 3.63) is 18.4 Å². The lowest BCUT2D eigenvalue weighted by molar-refractivity contribution is -0.139. The third-order valence-electron chi connectivity index (χ3n) is 1.49. The van der Waals surface area contributed by atoms with Gasteiger partial charge in [0.05, 0.1) is 12.4 Å². The summed E-state index contributed by atoms with van der Waals surface area (Å²) in [4.78, 5) is 11.1. The Bertz CT molecular complexity index is 268. The quantitative estimate of drug-likeness (QED) is 0.642. The Balaban J connectivity index is 2.51. The SMILES string of the molecule is C[C@@H](O)[C@H](N)C(=O)Oc1ccco1. The molecule has 0 unspecified atom stereocenters. The summed E-state index contributed by atoms with van der Waals surface area (Å²) in [6, 6.07) is 2.01. The van der Waals surface area contributed by atoms with Crippen LogP contribution in [0.1, 0.15) is 6.92 Å². The fraction of sp³-hybridized carbons (Fsp3) is 0.375. The largest absolute Gasteiger partial charge is 0.434 e. The number of carbonyl (C=O) groups excluding carboxylic acids is 1. The molecule has 0 saturated carbocycles. The number of rotatable bonds is 3. The average molecular weight is 185 g/mol. The van der Waals surface area contributed by atoms with Crippen molar-refractivity contribution in [2.75, 3.05) is 0 Å². The summed E-state index contributed by atoms with van der Waals surface area (Å²) >= 11 is 0. The number of hydrogen-bond donors (Lipinski definition) is 2. The maximum absolute atomic E-state index is 11.1. The minimum atomic E-state index is -1.05. The predicted molar refractivity (Wildman–Crippen MR) is 44.0 cm³/mol. The highest BCUT2D eigenvalue weighted by Crippen LogP contribution is 2.10. The lowest BCUT2D eigenvalue weighted by atomic mass is 10.2. The molecule has 0 aliphatic carbocycles. The number of carbonyl (C=O) groups is 1. The van der Waals surface area contributed by atoms with Crippen LogP contribution in [-0.4, -0.2) is 23.2 Å². The predicted octanol–water partition coefficient (Wildman–Crippen LogP) is -0.107. The van der Waals surface area contributed by atoms with E-state index in [-0.39, 0.29) is 5.95 Å². The van der Waals surface area contributed by atoms with E-state index >= 15 is 0 Å². The molecular weight excluding hydrogens is 174 g/mol. The van der Waals surface area contributed by atoms with Crippen molar-refractivity contribution in [2.24, 2.45) is 5.73 Å². The molecule has 72 valence electrons. The third kappa shape index (κ3) is 2.57. The molecule has 0 aromatic carbocycles. The van der Waals surface area contributed by atoms with Crippen LogP contribution in [0.5, 0.6) is 5.95 Å². The van der Waals surface area contributed by atoms with Gasteiger partial charge < -0.3 is 20.0 Å². The Morgan fingerprint density at radius 1 is 1.77 bits per heavy atom. The van der Waals surface area contributed by atoms with Gasteiger partial charge in [0.25, 0.3) is 5.95 Å². The molecule has 2 atom stereocenters. The number of furan rings is 1. The number of ether oxygens (including phenoxy) is 1. The number of hydrogen-bond acceptors (Lipinski definition) is 5. The molecule has 1 aromatic rings. The van der Waals surface area contributed by atoms with Crippen molar-refractivity contribution in [1.29, 1.82) is 0 Å². The lowest BCUT2D eigenvalue weighted by Gasteiger charge is -2.11. The van der Waals surface area contributed by atoms with Crippen LogP contribution < -0.4 is 10.5 Å². The van der Waals surface area contributed by atoms with E-state index < -0.39 is 18.1 Å². The van der Waals surface area contributed by atoms with E-state index in [9.17, 15) is 4.79 Å². The highest BCUT2D eigenvalue weighted by Gasteiger charge is 2.21. The summed E-state index contributed by atoms with van der Waals surface area (Å²) in [7, 11) is 0. The van der Waals surface area contributed by atoms with Crippen LogP contribution in [0.3, 0.4) is 0 Å². The number of nitrogens with two attached hydrogens (primary N) is 1. The molecule has 5 heteroatoms. The zero-order valence-electron chi connectivity index (χ0n) is 7.14. The van der Waals surface area contributed by atoms with Gasteiger partial charge in [0.2, 0.25) is 0 Å². The van der Waals surface area contributed by atoms with Gasteiger partial charge in [0.1, 0.15) is 6.04 Å². The van der Waals surface area contributed by atoms with E-state index in [1.807, 2.05) is 0 Å². The summed E-state index contributed by atoms with van der Waals surface area (Å²) in [5, 5.41) is 8.96. The second kappa shape index (κ2) is 4.06. The first kappa shape index (κ1) is 9.76. The van der Waals surface area contributed by atoms with Gasteiger partial charge in [0, 0.05) is 6.07 Å². The van der Waals surface area contributed by atoms with Gasteiger partial charge in [-0.2, -0.15) is 0 Å². The fourth-order valence-electron chi connectivity index (χ4n) is 0.686. The molecule has 0 aliphatic heterocycles. The number of aliphatic hydroxyl groups is 1. The molecule has 0 spiro atoms. The Morgan fingerprint density at radius 3 is 2.92 bits per heavy atom. The van der Waals surface area contributed by atoms with E-state index in [4.69, 9.17) is 15.3 Å². The van der Waals surface area contributed by atoms with E-state index in [1.165, 1.54) is 19.3 Å². The molecule has 1 aromatic heterocycles. The van der Waals surface area contributed by atoms with Crippen LogP contribution in [-0.2, 0) is 4.79 Å². The van der Waals surface area contributed by atoms with Gasteiger partial charge in [-0.3, -0.25) is 0 Å². The Hall–Kier alpha value is -1.33. The van der Waals surface area contributed by atoms with Crippen LogP contribution in [0, 0.1) is 0 Å². The minimum Gasteiger partial charge on any atom is -0.434 e. The zero-order chi connectivity index (χ0) is 9.84. The highest BCUT2D eigenvalue weighted by atomic mass is 16.6. The molecule has 0 radical (unpaired) electrons. The summed E-state index contributed by atoms with van der Waals surface area (Å²) in [5.74, 6) is -0.647. The van der Waals surface area contributed by atoms with Gasteiger partial charge in [0.15, 0.2) is 0 Å². The van der Waals surface area contributed by atoms with E-state index in [2.05, 4.69) is 4.74 Å². The molecule has 0 fully saturated rings. The first-order valence-corrected chi connectivity index (χ1v) is 3.80. The first-order valence-electron chi connectivity index (χ1n) is 3.80. The van der Waals surface area contributed by atoms with Crippen LogP contribution in [0.2, 0.25) is 0 Å². The van der Waals surface area contributed by atoms with Gasteiger partial charge in [-0.05, 0) is 13.0 Å². The van der Waals surface area contributed by atoms with Crippen molar-refractivity contribution in [1.82, 2.24) is 0 Å². The normalized spacial score (nSPS) is 15.0. The Labute approximate surface area is 75.1 Å². The molecule has 3 N–H and O–H groups in total. The van der Waals surface area contributed by atoms with Crippen LogP contribution >= 0.6 is 0 Å². The van der Waals surface area contributed by atoms with E-state index in [0.29, 0.717) is 0 Å². The molecule has 1 rings (SSSR count). The Morgan fingerprint density at radius 2 is 2.46 bits per heavy atom. The van der Waals surface area contributed by atoms with Crippen molar-refractivity contribution >= 4 is 5.97 Å². The molecule has 0 aliphatic rings. The molecule has 13 heavy (non-hydrogen) atoms. The third-order valence-corrected chi connectivity index (χ3v) is 1.49. The summed E-state index contributed by atoms with van der Waals surface area (Å²) in [5.41, 5.74) is 5.31. The maximum Gasteiger partial charge on any atom is 0.333 e. The fourth-order valence-corrected chi connectivity index (χ4v) is 0.686. The van der Waals surface area contributed by atoms with Gasteiger partial charge in [-0.25, -0.2) is 4.79 Å². The van der Waals surface area contributed by atoms with Crippen LogP contribution in [0.25, 0.3) is 0 Å². The van der Waals surface area contributed by atoms with Crippen LogP contribution in [0.15, 0.2) is 22.8 Å². The topological polar surface area (TPSA) is 85.7 Å². The lowest BCUT2D eigenvalue weighted by Crippen LogP contribution is -2.42. The molecule has 1 heterocycles. The molecular formula is C8H11NO4. The van der Waals surface area contributed by atoms with Gasteiger partial charge in [-0.15, -0.1) is 0 Å². The van der Waals surface area contributed by atoms with Crippen molar-refractivity contribution < 1.29 is 19.1 Å². The maximum atomic E-state index is 11.1. The summed E-state index contributed by atoms with van der Waals surface area (Å²) < 4.78 is 9.44. The van der Waals surface area contributed by atoms with Gasteiger partial charge in [-0.1, -0.05) is 0 Å². The molecule has 0 amide bonds. The number of esters is 1. The first-order chi connectivity index (χ1) is 6.11.